The minimum absolute atomic E-state index is 0.134. The van der Waals surface area contributed by atoms with Crippen LogP contribution in [0.1, 0.15) is 18.2 Å². The van der Waals surface area contributed by atoms with Crippen molar-refractivity contribution in [2.75, 3.05) is 19.4 Å². The van der Waals surface area contributed by atoms with E-state index < -0.39 is 6.55 Å². The molecule has 0 aliphatic rings. The molecule has 29 heavy (non-hydrogen) atoms. The Morgan fingerprint density at radius 2 is 1.97 bits per heavy atom. The van der Waals surface area contributed by atoms with E-state index in [1.165, 1.54) is 12.4 Å². The SMILES string of the molecule is CN(C)Cc1nc(NCc2nccn2C(F)F)c2c(-c3ccccc3)csc2n1. The van der Waals surface area contributed by atoms with Crippen LogP contribution in [-0.4, -0.2) is 38.5 Å². The van der Waals surface area contributed by atoms with E-state index in [1.807, 2.05) is 49.3 Å². The topological polar surface area (TPSA) is 58.9 Å². The molecule has 0 saturated heterocycles. The van der Waals surface area contributed by atoms with Gasteiger partial charge in [0.15, 0.2) is 0 Å². The van der Waals surface area contributed by atoms with E-state index in [0.717, 1.165) is 25.9 Å². The van der Waals surface area contributed by atoms with E-state index in [4.69, 9.17) is 9.97 Å². The summed E-state index contributed by atoms with van der Waals surface area (Å²) >= 11 is 1.55. The maximum absolute atomic E-state index is 13.1. The maximum Gasteiger partial charge on any atom is 0.319 e. The first-order chi connectivity index (χ1) is 14.0. The fourth-order valence-corrected chi connectivity index (χ4v) is 4.08. The predicted molar refractivity (Wildman–Crippen MR) is 111 cm³/mol. The molecule has 9 heteroatoms. The summed E-state index contributed by atoms with van der Waals surface area (Å²) in [7, 11) is 3.90. The molecule has 6 nitrogen and oxygen atoms in total. The molecule has 150 valence electrons. The van der Waals surface area contributed by atoms with E-state index in [0.29, 0.717) is 18.2 Å². The smallest absolute Gasteiger partial charge is 0.319 e. The van der Waals surface area contributed by atoms with Gasteiger partial charge in [-0.25, -0.2) is 15.0 Å². The summed E-state index contributed by atoms with van der Waals surface area (Å²) in [5.41, 5.74) is 2.07. The number of nitrogens with zero attached hydrogens (tertiary/aromatic N) is 5. The van der Waals surface area contributed by atoms with Crippen molar-refractivity contribution in [3.63, 3.8) is 0 Å². The summed E-state index contributed by atoms with van der Waals surface area (Å²) in [4.78, 5) is 16.3. The highest BCUT2D eigenvalue weighted by atomic mass is 32.1. The first-order valence-electron chi connectivity index (χ1n) is 9.05. The van der Waals surface area contributed by atoms with Gasteiger partial charge in [-0.2, -0.15) is 8.78 Å². The van der Waals surface area contributed by atoms with Crippen LogP contribution in [-0.2, 0) is 13.1 Å². The van der Waals surface area contributed by atoms with E-state index in [1.54, 1.807) is 11.3 Å². The number of imidazole rings is 1. The van der Waals surface area contributed by atoms with Gasteiger partial charge in [-0.05, 0) is 19.7 Å². The van der Waals surface area contributed by atoms with Crippen molar-refractivity contribution in [3.05, 3.63) is 59.8 Å². The Morgan fingerprint density at radius 1 is 1.17 bits per heavy atom. The number of nitrogens with one attached hydrogen (secondary N) is 1. The second-order valence-corrected chi connectivity index (χ2v) is 7.66. The minimum Gasteiger partial charge on any atom is -0.362 e. The van der Waals surface area contributed by atoms with Crippen LogP contribution < -0.4 is 5.32 Å². The van der Waals surface area contributed by atoms with Gasteiger partial charge in [-0.1, -0.05) is 30.3 Å². The molecule has 0 unspecified atom stereocenters. The number of thiophene rings is 1. The van der Waals surface area contributed by atoms with Crippen molar-refractivity contribution < 1.29 is 8.78 Å². The number of fused-ring (bicyclic) bond motifs is 1. The molecule has 0 aliphatic heterocycles. The van der Waals surface area contributed by atoms with Crippen molar-refractivity contribution in [1.82, 2.24) is 24.4 Å². The summed E-state index contributed by atoms with van der Waals surface area (Å²) in [6, 6.07) is 9.98. The number of anilines is 1. The summed E-state index contributed by atoms with van der Waals surface area (Å²) in [6.07, 6.45) is 2.64. The molecule has 0 amide bonds. The van der Waals surface area contributed by atoms with Crippen molar-refractivity contribution in [2.24, 2.45) is 0 Å². The van der Waals surface area contributed by atoms with Crippen molar-refractivity contribution in [1.29, 1.82) is 0 Å². The van der Waals surface area contributed by atoms with E-state index >= 15 is 0 Å². The lowest BCUT2D eigenvalue weighted by Crippen LogP contribution is -2.15. The van der Waals surface area contributed by atoms with Crippen LogP contribution in [0.3, 0.4) is 0 Å². The first-order valence-corrected chi connectivity index (χ1v) is 9.93. The van der Waals surface area contributed by atoms with Gasteiger partial charge in [0.1, 0.15) is 22.3 Å². The fourth-order valence-electron chi connectivity index (χ4n) is 3.12. The number of alkyl halides is 2. The molecule has 4 rings (SSSR count). The Kier molecular flexibility index (Phi) is 5.50. The third-order valence-corrected chi connectivity index (χ3v) is 5.27. The van der Waals surface area contributed by atoms with Gasteiger partial charge in [-0.3, -0.25) is 4.57 Å². The van der Waals surface area contributed by atoms with Gasteiger partial charge in [0.25, 0.3) is 0 Å². The number of hydrogen-bond acceptors (Lipinski definition) is 6. The third kappa shape index (κ3) is 4.10. The van der Waals surface area contributed by atoms with Gasteiger partial charge in [-0.15, -0.1) is 11.3 Å². The maximum atomic E-state index is 13.1. The summed E-state index contributed by atoms with van der Waals surface area (Å²) < 4.78 is 27.1. The van der Waals surface area contributed by atoms with Crippen LogP contribution >= 0.6 is 11.3 Å². The van der Waals surface area contributed by atoms with Crippen LogP contribution in [0.25, 0.3) is 21.3 Å². The fraction of sp³-hybridized carbons (Fsp3) is 0.250. The number of benzene rings is 1. The Morgan fingerprint density at radius 3 is 2.69 bits per heavy atom. The predicted octanol–water partition coefficient (Wildman–Crippen LogP) is 4.62. The number of rotatable bonds is 7. The lowest BCUT2D eigenvalue weighted by atomic mass is 10.1. The van der Waals surface area contributed by atoms with Crippen LogP contribution in [0.2, 0.25) is 0 Å². The molecule has 4 aromatic rings. The number of hydrogen-bond donors (Lipinski definition) is 1. The zero-order valence-electron chi connectivity index (χ0n) is 16.0. The van der Waals surface area contributed by atoms with Gasteiger partial charge in [0.05, 0.1) is 18.5 Å². The molecule has 0 atom stereocenters. The van der Waals surface area contributed by atoms with Gasteiger partial charge in [0.2, 0.25) is 0 Å². The third-order valence-electron chi connectivity index (χ3n) is 4.40. The zero-order chi connectivity index (χ0) is 20.4. The van der Waals surface area contributed by atoms with E-state index in [2.05, 4.69) is 15.7 Å². The highest BCUT2D eigenvalue weighted by Gasteiger charge is 2.17. The Hall–Kier alpha value is -2.91. The summed E-state index contributed by atoms with van der Waals surface area (Å²) in [6.45, 7) is -1.92. The van der Waals surface area contributed by atoms with Gasteiger partial charge < -0.3 is 10.2 Å². The summed E-state index contributed by atoms with van der Waals surface area (Å²) in [5.74, 6) is 1.54. The molecule has 0 spiro atoms. The van der Waals surface area contributed by atoms with E-state index in [-0.39, 0.29) is 12.4 Å². The van der Waals surface area contributed by atoms with Crippen LogP contribution in [0.5, 0.6) is 0 Å². The lowest BCUT2D eigenvalue weighted by Gasteiger charge is -2.13. The average Bonchev–Trinajstić information content (AvgIpc) is 3.33. The Labute approximate surface area is 170 Å². The van der Waals surface area contributed by atoms with Gasteiger partial charge in [0, 0.05) is 23.3 Å². The molecule has 0 radical (unpaired) electrons. The second kappa shape index (κ2) is 8.22. The largest absolute Gasteiger partial charge is 0.362 e. The van der Waals surface area contributed by atoms with Crippen molar-refractivity contribution in [3.8, 4) is 11.1 Å². The molecule has 1 aromatic carbocycles. The Bertz CT molecular complexity index is 1110. The van der Waals surface area contributed by atoms with Crippen LogP contribution in [0.15, 0.2) is 48.1 Å². The molecule has 0 fully saturated rings. The molecule has 3 heterocycles. The van der Waals surface area contributed by atoms with Gasteiger partial charge >= 0.3 is 6.55 Å². The zero-order valence-corrected chi connectivity index (χ0v) is 16.8. The van der Waals surface area contributed by atoms with Crippen molar-refractivity contribution >= 4 is 27.4 Å². The molecule has 3 aromatic heterocycles. The van der Waals surface area contributed by atoms with Crippen LogP contribution in [0.4, 0.5) is 14.6 Å². The number of halogens is 2. The van der Waals surface area contributed by atoms with Crippen molar-refractivity contribution in [2.45, 2.75) is 19.6 Å². The number of aromatic nitrogens is 4. The molecule has 0 saturated carbocycles. The highest BCUT2D eigenvalue weighted by molar-refractivity contribution is 7.17. The Balaban J connectivity index is 1.76. The molecule has 0 bridgehead atoms. The lowest BCUT2D eigenvalue weighted by molar-refractivity contribution is 0.0673. The monoisotopic (exact) mass is 414 g/mol. The highest BCUT2D eigenvalue weighted by Crippen LogP contribution is 2.37. The average molecular weight is 414 g/mol. The second-order valence-electron chi connectivity index (χ2n) is 6.80. The van der Waals surface area contributed by atoms with Crippen LogP contribution in [0, 0.1) is 0 Å². The quantitative estimate of drug-likeness (QED) is 0.478. The first kappa shape index (κ1) is 19.4. The molecule has 1 N–H and O–H groups in total. The van der Waals surface area contributed by atoms with E-state index in [9.17, 15) is 8.78 Å². The standard InChI is InChI=1S/C20H20F2N6S/c1-27(2)11-15-25-18(24-10-16-23-8-9-28(16)20(21)22)17-14(12-29-19(17)26-15)13-6-4-3-5-7-13/h3-9,12,20H,10-11H2,1-2H3,(H,24,25,26). The molecular formula is C20H20F2N6S. The summed E-state index contributed by atoms with van der Waals surface area (Å²) in [5, 5.41) is 6.16. The molecular weight excluding hydrogens is 394 g/mol. The molecule has 0 aliphatic carbocycles. The normalized spacial score (nSPS) is 11.7. The minimum atomic E-state index is -2.63.